The highest BCUT2D eigenvalue weighted by Crippen LogP contribution is 2.41. The molecular formula is C13H17ClN4O3. The number of fused-ring (bicyclic) bond motifs is 1. The lowest BCUT2D eigenvalue weighted by Gasteiger charge is -2.47. The van der Waals surface area contributed by atoms with Crippen molar-refractivity contribution in [2.24, 2.45) is 5.92 Å². The Morgan fingerprint density at radius 2 is 2.29 bits per heavy atom. The number of halogens is 1. The Kier molecular flexibility index (Phi) is 3.71. The van der Waals surface area contributed by atoms with Gasteiger partial charge in [0.05, 0.1) is 10.5 Å². The van der Waals surface area contributed by atoms with Crippen molar-refractivity contribution in [3.8, 4) is 0 Å². The van der Waals surface area contributed by atoms with E-state index in [1.165, 1.54) is 0 Å². The molecule has 0 radical (unpaired) electrons. The summed E-state index contributed by atoms with van der Waals surface area (Å²) in [5.41, 5.74) is -0.763. The molecule has 1 aromatic rings. The van der Waals surface area contributed by atoms with Gasteiger partial charge in [-0.05, 0) is 30.9 Å². The highest BCUT2D eigenvalue weighted by molar-refractivity contribution is 6.28. The molecule has 3 rings (SSSR count). The SMILES string of the molecule is O=[N+]([O-])c1cnc(Cl)nc1N1CCC2(O)CCCCC2C1. The molecule has 114 valence electrons. The molecule has 1 N–H and O–H groups in total. The molecule has 2 heterocycles. The number of piperidine rings is 1. The molecule has 0 aromatic carbocycles. The zero-order valence-electron chi connectivity index (χ0n) is 11.5. The average Bonchev–Trinajstić information content (AvgIpc) is 2.45. The minimum Gasteiger partial charge on any atom is -0.389 e. The van der Waals surface area contributed by atoms with Crippen LogP contribution in [0.3, 0.4) is 0 Å². The highest BCUT2D eigenvalue weighted by Gasteiger charge is 2.44. The van der Waals surface area contributed by atoms with E-state index in [4.69, 9.17) is 11.6 Å². The molecule has 1 aliphatic heterocycles. The van der Waals surface area contributed by atoms with Crippen LogP contribution in [0, 0.1) is 16.0 Å². The van der Waals surface area contributed by atoms with E-state index in [0.717, 1.165) is 31.9 Å². The monoisotopic (exact) mass is 312 g/mol. The molecule has 1 aliphatic carbocycles. The van der Waals surface area contributed by atoms with Gasteiger partial charge in [-0.3, -0.25) is 10.1 Å². The lowest BCUT2D eigenvalue weighted by molar-refractivity contribution is -0.384. The number of hydrogen-bond acceptors (Lipinski definition) is 6. The molecule has 0 amide bonds. The summed E-state index contributed by atoms with van der Waals surface area (Å²) in [7, 11) is 0. The van der Waals surface area contributed by atoms with Gasteiger partial charge in [0.2, 0.25) is 11.1 Å². The molecule has 7 nitrogen and oxygen atoms in total. The first kappa shape index (κ1) is 14.5. The summed E-state index contributed by atoms with van der Waals surface area (Å²) in [4.78, 5) is 20.2. The van der Waals surface area contributed by atoms with Crippen LogP contribution >= 0.6 is 11.6 Å². The Balaban J connectivity index is 1.88. The molecule has 2 aliphatic rings. The van der Waals surface area contributed by atoms with Crippen LogP contribution in [0.1, 0.15) is 32.1 Å². The quantitative estimate of drug-likeness (QED) is 0.511. The van der Waals surface area contributed by atoms with Gasteiger partial charge in [0.1, 0.15) is 6.20 Å². The lowest BCUT2D eigenvalue weighted by atomic mass is 9.71. The first-order chi connectivity index (χ1) is 9.99. The first-order valence-corrected chi connectivity index (χ1v) is 7.52. The summed E-state index contributed by atoms with van der Waals surface area (Å²) in [6.45, 7) is 1.12. The fourth-order valence-electron chi connectivity index (χ4n) is 3.47. The number of hydrogen-bond donors (Lipinski definition) is 1. The zero-order chi connectivity index (χ0) is 15.0. The Bertz CT molecular complexity index is 570. The Hall–Kier alpha value is -1.47. The van der Waals surface area contributed by atoms with Crippen LogP contribution in [-0.2, 0) is 0 Å². The molecule has 0 spiro atoms. The smallest absolute Gasteiger partial charge is 0.329 e. The van der Waals surface area contributed by atoms with E-state index in [2.05, 4.69) is 9.97 Å². The van der Waals surface area contributed by atoms with Crippen molar-refractivity contribution in [3.63, 3.8) is 0 Å². The first-order valence-electron chi connectivity index (χ1n) is 7.14. The summed E-state index contributed by atoms with van der Waals surface area (Å²) in [6.07, 6.45) is 5.65. The van der Waals surface area contributed by atoms with Crippen LogP contribution in [0.4, 0.5) is 11.5 Å². The highest BCUT2D eigenvalue weighted by atomic mass is 35.5. The van der Waals surface area contributed by atoms with Crippen LogP contribution < -0.4 is 4.90 Å². The molecular weight excluding hydrogens is 296 g/mol. The van der Waals surface area contributed by atoms with Gasteiger partial charge in [0, 0.05) is 19.0 Å². The van der Waals surface area contributed by atoms with Gasteiger partial charge < -0.3 is 10.0 Å². The molecule has 8 heteroatoms. The third-order valence-corrected chi connectivity index (χ3v) is 4.83. The van der Waals surface area contributed by atoms with Crippen molar-refractivity contribution in [2.75, 3.05) is 18.0 Å². The van der Waals surface area contributed by atoms with Gasteiger partial charge in [0.25, 0.3) is 0 Å². The van der Waals surface area contributed by atoms with Crippen LogP contribution in [0.5, 0.6) is 0 Å². The molecule has 2 unspecified atom stereocenters. The molecule has 2 fully saturated rings. The van der Waals surface area contributed by atoms with Crippen molar-refractivity contribution in [1.82, 2.24) is 9.97 Å². The number of aromatic nitrogens is 2. The van der Waals surface area contributed by atoms with E-state index in [9.17, 15) is 15.2 Å². The predicted molar refractivity (Wildman–Crippen MR) is 77.4 cm³/mol. The number of nitrogens with zero attached hydrogens (tertiary/aromatic N) is 4. The van der Waals surface area contributed by atoms with E-state index in [0.29, 0.717) is 19.5 Å². The molecule has 1 saturated heterocycles. The zero-order valence-corrected chi connectivity index (χ0v) is 12.3. The second-order valence-electron chi connectivity index (χ2n) is 5.85. The second-order valence-corrected chi connectivity index (χ2v) is 6.19. The van der Waals surface area contributed by atoms with E-state index >= 15 is 0 Å². The van der Waals surface area contributed by atoms with E-state index in [-0.39, 0.29) is 22.7 Å². The maximum Gasteiger partial charge on any atom is 0.329 e. The van der Waals surface area contributed by atoms with Crippen molar-refractivity contribution in [3.05, 3.63) is 21.6 Å². The third kappa shape index (κ3) is 2.67. The second kappa shape index (κ2) is 5.38. The van der Waals surface area contributed by atoms with Crippen molar-refractivity contribution in [2.45, 2.75) is 37.7 Å². The van der Waals surface area contributed by atoms with Crippen LogP contribution in [0.2, 0.25) is 5.28 Å². The average molecular weight is 313 g/mol. The predicted octanol–water partition coefficient (Wildman–Crippen LogP) is 2.17. The summed E-state index contributed by atoms with van der Waals surface area (Å²) in [5, 5.41) is 21.8. The maximum atomic E-state index is 11.1. The van der Waals surface area contributed by atoms with Crippen molar-refractivity contribution < 1.29 is 10.0 Å². The van der Waals surface area contributed by atoms with Gasteiger partial charge in [-0.2, -0.15) is 4.98 Å². The summed E-state index contributed by atoms with van der Waals surface area (Å²) >= 11 is 5.78. The summed E-state index contributed by atoms with van der Waals surface area (Å²) in [5.74, 6) is 0.390. The molecule has 1 aromatic heterocycles. The normalized spacial score (nSPS) is 29.0. The number of aliphatic hydroxyl groups is 1. The number of anilines is 1. The third-order valence-electron chi connectivity index (χ3n) is 4.64. The van der Waals surface area contributed by atoms with Crippen LogP contribution in [-0.4, -0.2) is 38.7 Å². The van der Waals surface area contributed by atoms with Gasteiger partial charge in [-0.1, -0.05) is 12.8 Å². The standard InChI is InChI=1S/C13H17ClN4O3/c14-12-15-7-10(18(20)21)11(16-12)17-6-5-13(19)4-2-1-3-9(13)8-17/h7,9,19H,1-6,8H2. The number of nitro groups is 1. The van der Waals surface area contributed by atoms with Gasteiger partial charge in [-0.15, -0.1) is 0 Å². The van der Waals surface area contributed by atoms with E-state index in [1.807, 2.05) is 4.90 Å². The molecule has 21 heavy (non-hydrogen) atoms. The van der Waals surface area contributed by atoms with Gasteiger partial charge in [-0.25, -0.2) is 4.98 Å². The summed E-state index contributed by atoms with van der Waals surface area (Å²) in [6, 6.07) is 0. The maximum absolute atomic E-state index is 11.1. The van der Waals surface area contributed by atoms with Crippen molar-refractivity contribution >= 4 is 23.1 Å². The van der Waals surface area contributed by atoms with Gasteiger partial charge in [0.15, 0.2) is 0 Å². The summed E-state index contributed by atoms with van der Waals surface area (Å²) < 4.78 is 0. The molecule has 0 bridgehead atoms. The molecule has 1 saturated carbocycles. The van der Waals surface area contributed by atoms with E-state index < -0.39 is 10.5 Å². The van der Waals surface area contributed by atoms with Gasteiger partial charge >= 0.3 is 5.69 Å². The minimum absolute atomic E-state index is 0.0000735. The topological polar surface area (TPSA) is 92.4 Å². The molecule has 2 atom stereocenters. The van der Waals surface area contributed by atoms with Crippen LogP contribution in [0.25, 0.3) is 0 Å². The fraction of sp³-hybridized carbons (Fsp3) is 0.692. The number of rotatable bonds is 2. The largest absolute Gasteiger partial charge is 0.389 e. The van der Waals surface area contributed by atoms with Crippen LogP contribution in [0.15, 0.2) is 6.20 Å². The van der Waals surface area contributed by atoms with E-state index in [1.54, 1.807) is 0 Å². The Morgan fingerprint density at radius 3 is 3.05 bits per heavy atom. The lowest BCUT2D eigenvalue weighted by Crippen LogP contribution is -2.53. The Morgan fingerprint density at radius 1 is 1.48 bits per heavy atom. The fourth-order valence-corrected chi connectivity index (χ4v) is 3.60. The van der Waals surface area contributed by atoms with Crippen molar-refractivity contribution in [1.29, 1.82) is 0 Å². The Labute approximate surface area is 127 Å². The minimum atomic E-state index is -0.625.